The first-order valence-corrected chi connectivity index (χ1v) is 10.4. The molecule has 3 nitrogen and oxygen atoms in total. The van der Waals surface area contributed by atoms with E-state index in [9.17, 15) is 14.3 Å². The number of likely N-dealkylation sites (tertiary alicyclic amines) is 1. The molecule has 1 saturated heterocycles. The van der Waals surface area contributed by atoms with Crippen LogP contribution in [0.2, 0.25) is 0 Å². The summed E-state index contributed by atoms with van der Waals surface area (Å²) in [6.07, 6.45) is 2.35. The Hall–Kier alpha value is -2.98. The van der Waals surface area contributed by atoms with Crippen LogP contribution < -0.4 is 0 Å². The molecule has 1 amide bonds. The minimum Gasteiger partial charge on any atom is -0.396 e. The van der Waals surface area contributed by atoms with Gasteiger partial charge in [0.25, 0.3) is 5.91 Å². The standard InChI is InChI=1S/C26H26FNO2/c27-22-12-10-21(11-13-22)23-8-4-5-9-24(23)25(30)28-16-14-26(19-29,15-17-28)18-20-6-2-1-3-7-20/h1-13,29H,14-19H2. The summed E-state index contributed by atoms with van der Waals surface area (Å²) >= 11 is 0. The van der Waals surface area contributed by atoms with Crippen LogP contribution in [0.5, 0.6) is 0 Å². The van der Waals surface area contributed by atoms with Gasteiger partial charge in [-0.1, -0.05) is 60.7 Å². The number of aliphatic hydroxyl groups is 1. The van der Waals surface area contributed by atoms with E-state index in [4.69, 9.17) is 0 Å². The summed E-state index contributed by atoms with van der Waals surface area (Å²) in [5, 5.41) is 10.1. The van der Waals surface area contributed by atoms with Crippen LogP contribution in [0.25, 0.3) is 11.1 Å². The summed E-state index contributed by atoms with van der Waals surface area (Å²) in [6.45, 7) is 1.35. The fourth-order valence-corrected chi connectivity index (χ4v) is 4.32. The van der Waals surface area contributed by atoms with Crippen molar-refractivity contribution in [3.8, 4) is 11.1 Å². The Labute approximate surface area is 176 Å². The highest BCUT2D eigenvalue weighted by molar-refractivity contribution is 6.00. The van der Waals surface area contributed by atoms with E-state index in [2.05, 4.69) is 12.1 Å². The van der Waals surface area contributed by atoms with E-state index in [1.54, 1.807) is 12.1 Å². The number of benzene rings is 3. The lowest BCUT2D eigenvalue weighted by Gasteiger charge is -2.41. The van der Waals surface area contributed by atoms with Gasteiger partial charge in [-0.05, 0) is 54.2 Å². The normalized spacial score (nSPS) is 15.7. The molecule has 1 fully saturated rings. The number of aliphatic hydroxyl groups excluding tert-OH is 1. The molecule has 0 bridgehead atoms. The van der Waals surface area contributed by atoms with Gasteiger partial charge in [0, 0.05) is 30.7 Å². The van der Waals surface area contributed by atoms with Crippen LogP contribution in [0.3, 0.4) is 0 Å². The molecule has 0 aromatic heterocycles. The first-order chi connectivity index (χ1) is 14.6. The van der Waals surface area contributed by atoms with Crippen molar-refractivity contribution in [3.05, 3.63) is 95.8 Å². The van der Waals surface area contributed by atoms with Gasteiger partial charge in [-0.25, -0.2) is 4.39 Å². The van der Waals surface area contributed by atoms with E-state index in [1.165, 1.54) is 17.7 Å². The second-order valence-electron chi connectivity index (χ2n) is 8.17. The number of nitrogens with zero attached hydrogens (tertiary/aromatic N) is 1. The van der Waals surface area contributed by atoms with Gasteiger partial charge in [-0.3, -0.25) is 4.79 Å². The van der Waals surface area contributed by atoms with Crippen molar-refractivity contribution in [1.82, 2.24) is 4.90 Å². The largest absolute Gasteiger partial charge is 0.396 e. The Balaban J connectivity index is 1.50. The van der Waals surface area contributed by atoms with Crippen molar-refractivity contribution < 1.29 is 14.3 Å². The van der Waals surface area contributed by atoms with Gasteiger partial charge >= 0.3 is 0 Å². The zero-order valence-corrected chi connectivity index (χ0v) is 16.9. The molecular weight excluding hydrogens is 377 g/mol. The van der Waals surface area contributed by atoms with Crippen LogP contribution in [-0.2, 0) is 6.42 Å². The van der Waals surface area contributed by atoms with Crippen molar-refractivity contribution in [1.29, 1.82) is 0 Å². The fraction of sp³-hybridized carbons (Fsp3) is 0.269. The maximum absolute atomic E-state index is 13.3. The summed E-state index contributed by atoms with van der Waals surface area (Å²) in [6, 6.07) is 23.9. The van der Waals surface area contributed by atoms with Crippen molar-refractivity contribution in [2.24, 2.45) is 5.41 Å². The van der Waals surface area contributed by atoms with Crippen molar-refractivity contribution >= 4 is 5.91 Å². The van der Waals surface area contributed by atoms with Crippen LogP contribution in [0.4, 0.5) is 4.39 Å². The topological polar surface area (TPSA) is 40.5 Å². The quantitative estimate of drug-likeness (QED) is 0.655. The van der Waals surface area contributed by atoms with Gasteiger partial charge in [-0.15, -0.1) is 0 Å². The molecule has 4 heteroatoms. The lowest BCUT2D eigenvalue weighted by atomic mass is 9.74. The fourth-order valence-electron chi connectivity index (χ4n) is 4.32. The molecule has 154 valence electrons. The van der Waals surface area contributed by atoms with Gasteiger partial charge in [-0.2, -0.15) is 0 Å². The second kappa shape index (κ2) is 8.80. The minimum atomic E-state index is -0.294. The molecule has 3 aromatic rings. The second-order valence-corrected chi connectivity index (χ2v) is 8.17. The summed E-state index contributed by atoms with van der Waals surface area (Å²) in [5.41, 5.74) is 3.29. The van der Waals surface area contributed by atoms with E-state index in [0.717, 1.165) is 30.4 Å². The summed E-state index contributed by atoms with van der Waals surface area (Å²) in [7, 11) is 0. The molecular formula is C26H26FNO2. The molecule has 0 aliphatic carbocycles. The van der Waals surface area contributed by atoms with Crippen LogP contribution in [0.1, 0.15) is 28.8 Å². The molecule has 1 aliphatic heterocycles. The Morgan fingerprint density at radius 2 is 1.53 bits per heavy atom. The van der Waals surface area contributed by atoms with E-state index < -0.39 is 0 Å². The molecule has 3 aromatic carbocycles. The average molecular weight is 403 g/mol. The molecule has 30 heavy (non-hydrogen) atoms. The Kier molecular flexibility index (Phi) is 5.96. The van der Waals surface area contributed by atoms with Gasteiger partial charge in [0.2, 0.25) is 0 Å². The maximum atomic E-state index is 13.3. The monoisotopic (exact) mass is 403 g/mol. The zero-order valence-electron chi connectivity index (χ0n) is 16.9. The molecule has 0 spiro atoms. The molecule has 4 rings (SSSR count). The number of rotatable bonds is 5. The van der Waals surface area contributed by atoms with Crippen LogP contribution >= 0.6 is 0 Å². The van der Waals surface area contributed by atoms with E-state index >= 15 is 0 Å². The number of amides is 1. The Bertz CT molecular complexity index is 993. The van der Waals surface area contributed by atoms with Gasteiger partial charge in [0.05, 0.1) is 0 Å². The highest BCUT2D eigenvalue weighted by Crippen LogP contribution is 2.36. The maximum Gasteiger partial charge on any atom is 0.254 e. The predicted octanol–water partition coefficient (Wildman–Crippen LogP) is 4.95. The number of hydrogen-bond donors (Lipinski definition) is 1. The third-order valence-electron chi connectivity index (χ3n) is 6.18. The molecule has 0 saturated carbocycles. The number of carbonyl (C=O) groups excluding carboxylic acids is 1. The average Bonchev–Trinajstić information content (AvgIpc) is 2.80. The van der Waals surface area contributed by atoms with Gasteiger partial charge < -0.3 is 10.0 Å². The molecule has 1 aliphatic rings. The molecule has 0 unspecified atom stereocenters. The third kappa shape index (κ3) is 4.29. The first kappa shape index (κ1) is 20.3. The van der Waals surface area contributed by atoms with Crippen LogP contribution in [-0.4, -0.2) is 35.6 Å². The van der Waals surface area contributed by atoms with Gasteiger partial charge in [0.15, 0.2) is 0 Å². The van der Waals surface area contributed by atoms with Crippen molar-refractivity contribution in [2.45, 2.75) is 19.3 Å². The minimum absolute atomic E-state index is 0.0128. The Morgan fingerprint density at radius 3 is 2.20 bits per heavy atom. The molecule has 0 atom stereocenters. The SMILES string of the molecule is O=C(c1ccccc1-c1ccc(F)cc1)N1CCC(CO)(Cc2ccccc2)CC1. The highest BCUT2D eigenvalue weighted by Gasteiger charge is 2.36. The van der Waals surface area contributed by atoms with Crippen LogP contribution in [0, 0.1) is 11.2 Å². The number of hydrogen-bond acceptors (Lipinski definition) is 2. The summed E-state index contributed by atoms with van der Waals surface area (Å²) in [5.74, 6) is -0.307. The highest BCUT2D eigenvalue weighted by atomic mass is 19.1. The van der Waals surface area contributed by atoms with Gasteiger partial charge in [0.1, 0.15) is 5.82 Å². The lowest BCUT2D eigenvalue weighted by molar-refractivity contribution is 0.0359. The predicted molar refractivity (Wildman–Crippen MR) is 117 cm³/mol. The summed E-state index contributed by atoms with van der Waals surface area (Å²) < 4.78 is 13.3. The van der Waals surface area contributed by atoms with Crippen LogP contribution in [0.15, 0.2) is 78.9 Å². The number of halogens is 1. The van der Waals surface area contributed by atoms with E-state index in [1.807, 2.05) is 47.4 Å². The first-order valence-electron chi connectivity index (χ1n) is 10.4. The van der Waals surface area contributed by atoms with E-state index in [-0.39, 0.29) is 23.7 Å². The zero-order chi connectivity index (χ0) is 21.0. The Morgan fingerprint density at radius 1 is 0.900 bits per heavy atom. The van der Waals surface area contributed by atoms with E-state index in [0.29, 0.717) is 18.7 Å². The third-order valence-corrected chi connectivity index (χ3v) is 6.18. The number of piperidine rings is 1. The molecule has 1 N–H and O–H groups in total. The number of carbonyl (C=O) groups is 1. The molecule has 0 radical (unpaired) electrons. The lowest BCUT2D eigenvalue weighted by Crippen LogP contribution is -2.45. The van der Waals surface area contributed by atoms with Crippen molar-refractivity contribution in [3.63, 3.8) is 0 Å². The van der Waals surface area contributed by atoms with Crippen molar-refractivity contribution in [2.75, 3.05) is 19.7 Å². The smallest absolute Gasteiger partial charge is 0.254 e. The summed E-state index contributed by atoms with van der Waals surface area (Å²) in [4.78, 5) is 15.2. The molecule has 1 heterocycles.